The summed E-state index contributed by atoms with van der Waals surface area (Å²) in [5.74, 6) is 1.86. The molecule has 0 aromatic heterocycles. The van der Waals surface area contributed by atoms with E-state index in [-0.39, 0.29) is 22.7 Å². The first-order valence-corrected chi connectivity index (χ1v) is 13.6. The molecular formula is C31H42O3. The second-order valence-corrected chi connectivity index (χ2v) is 13.1. The van der Waals surface area contributed by atoms with Crippen LogP contribution in [0.25, 0.3) is 6.08 Å². The van der Waals surface area contributed by atoms with Gasteiger partial charge in [-0.25, -0.2) is 0 Å². The van der Waals surface area contributed by atoms with Gasteiger partial charge in [-0.3, -0.25) is 0 Å². The summed E-state index contributed by atoms with van der Waals surface area (Å²) in [6.07, 6.45) is 10.6. The first-order valence-electron chi connectivity index (χ1n) is 13.6. The molecule has 4 fully saturated rings. The highest BCUT2D eigenvalue weighted by atomic mass is 16.7. The zero-order valence-corrected chi connectivity index (χ0v) is 21.3. The maximum atomic E-state index is 11.1. The van der Waals surface area contributed by atoms with Crippen molar-refractivity contribution in [3.05, 3.63) is 53.1 Å². The van der Waals surface area contributed by atoms with Crippen LogP contribution in [0.15, 0.2) is 42.0 Å². The molecule has 1 aliphatic heterocycles. The fraction of sp³-hybridized carbons (Fsp3) is 0.677. The largest absolute Gasteiger partial charge is 0.393 e. The first-order chi connectivity index (χ1) is 16.2. The van der Waals surface area contributed by atoms with E-state index in [0.29, 0.717) is 23.7 Å². The number of allylic oxidation sites excluding steroid dienone is 2. The number of ether oxygens (including phenoxy) is 2. The average Bonchev–Trinajstić information content (AvgIpc) is 3.14. The van der Waals surface area contributed by atoms with Gasteiger partial charge < -0.3 is 14.6 Å². The van der Waals surface area contributed by atoms with E-state index in [1.165, 1.54) is 30.4 Å². The molecule has 34 heavy (non-hydrogen) atoms. The van der Waals surface area contributed by atoms with Crippen LogP contribution in [0.4, 0.5) is 0 Å². The number of benzene rings is 1. The first kappa shape index (κ1) is 23.0. The second-order valence-electron chi connectivity index (χ2n) is 13.1. The maximum absolute atomic E-state index is 11.1. The van der Waals surface area contributed by atoms with Gasteiger partial charge in [0.15, 0.2) is 5.79 Å². The number of fused-ring (bicyclic) bond motifs is 4. The highest BCUT2D eigenvalue weighted by Gasteiger charge is 2.57. The smallest absolute Gasteiger partial charge is 0.169 e. The second kappa shape index (κ2) is 8.05. The molecule has 3 heteroatoms. The van der Waals surface area contributed by atoms with Crippen LogP contribution in [0.2, 0.25) is 0 Å². The highest BCUT2D eigenvalue weighted by Crippen LogP contribution is 2.64. The van der Waals surface area contributed by atoms with Gasteiger partial charge in [-0.1, -0.05) is 68.8 Å². The molecule has 6 atom stereocenters. The molecule has 1 saturated heterocycles. The van der Waals surface area contributed by atoms with Crippen LogP contribution in [0.1, 0.15) is 89.2 Å². The summed E-state index contributed by atoms with van der Waals surface area (Å²) in [5, 5.41) is 11.1. The van der Waals surface area contributed by atoms with Gasteiger partial charge in [-0.15, -0.1) is 0 Å². The minimum absolute atomic E-state index is 0.0282. The quantitative estimate of drug-likeness (QED) is 0.487. The number of aliphatic hydroxyl groups is 1. The lowest BCUT2D eigenvalue weighted by molar-refractivity contribution is -0.312. The number of hydrogen-bond acceptors (Lipinski definition) is 3. The summed E-state index contributed by atoms with van der Waals surface area (Å²) in [7, 11) is 0. The van der Waals surface area contributed by atoms with Crippen LogP contribution in [0.3, 0.4) is 0 Å². The molecule has 3 saturated carbocycles. The van der Waals surface area contributed by atoms with E-state index in [1.807, 2.05) is 6.08 Å². The molecule has 1 aromatic rings. The topological polar surface area (TPSA) is 38.7 Å². The molecule has 1 spiro atoms. The number of hydrogen-bond donors (Lipinski definition) is 1. The monoisotopic (exact) mass is 462 g/mol. The lowest BCUT2D eigenvalue weighted by atomic mass is 9.52. The van der Waals surface area contributed by atoms with Gasteiger partial charge in [0, 0.05) is 24.2 Å². The molecule has 0 radical (unpaired) electrons. The highest BCUT2D eigenvalue weighted by molar-refractivity contribution is 5.49. The van der Waals surface area contributed by atoms with Crippen molar-refractivity contribution in [3.63, 3.8) is 0 Å². The van der Waals surface area contributed by atoms with Crippen LogP contribution in [-0.2, 0) is 9.47 Å². The van der Waals surface area contributed by atoms with E-state index < -0.39 is 0 Å². The van der Waals surface area contributed by atoms with Crippen molar-refractivity contribution in [2.75, 3.05) is 13.2 Å². The molecule has 5 aliphatic rings. The Hall–Kier alpha value is -1.42. The normalized spacial score (nSPS) is 40.4. The Morgan fingerprint density at radius 1 is 0.971 bits per heavy atom. The van der Waals surface area contributed by atoms with Gasteiger partial charge in [0.25, 0.3) is 0 Å². The molecule has 1 N–H and O–H groups in total. The molecule has 6 unspecified atom stereocenters. The molecular weight excluding hydrogens is 420 g/mol. The fourth-order valence-corrected chi connectivity index (χ4v) is 8.36. The van der Waals surface area contributed by atoms with Crippen LogP contribution < -0.4 is 0 Å². The predicted molar refractivity (Wildman–Crippen MR) is 136 cm³/mol. The average molecular weight is 463 g/mol. The minimum atomic E-state index is -0.370. The van der Waals surface area contributed by atoms with E-state index in [1.54, 1.807) is 11.1 Å². The van der Waals surface area contributed by atoms with Crippen molar-refractivity contribution in [2.24, 2.45) is 28.6 Å². The summed E-state index contributed by atoms with van der Waals surface area (Å²) in [4.78, 5) is 0. The molecule has 6 rings (SSSR count). The summed E-state index contributed by atoms with van der Waals surface area (Å²) in [6.45, 7) is 12.4. The molecule has 1 heterocycles. The van der Waals surface area contributed by atoms with Crippen molar-refractivity contribution in [3.8, 4) is 0 Å². The Morgan fingerprint density at radius 2 is 1.71 bits per heavy atom. The maximum Gasteiger partial charge on any atom is 0.169 e. The van der Waals surface area contributed by atoms with Gasteiger partial charge in [0.2, 0.25) is 0 Å². The van der Waals surface area contributed by atoms with Gasteiger partial charge in [-0.05, 0) is 72.8 Å². The van der Waals surface area contributed by atoms with Crippen LogP contribution in [0, 0.1) is 28.6 Å². The zero-order valence-electron chi connectivity index (χ0n) is 21.3. The van der Waals surface area contributed by atoms with Crippen molar-refractivity contribution in [1.82, 2.24) is 0 Å². The Labute approximate surface area is 205 Å². The van der Waals surface area contributed by atoms with Gasteiger partial charge in [0.05, 0.1) is 19.3 Å². The van der Waals surface area contributed by atoms with E-state index in [2.05, 4.69) is 51.6 Å². The van der Waals surface area contributed by atoms with E-state index in [9.17, 15) is 5.11 Å². The Balaban J connectivity index is 1.38. The van der Waals surface area contributed by atoms with Crippen molar-refractivity contribution >= 4 is 6.08 Å². The summed E-state index contributed by atoms with van der Waals surface area (Å²) in [6, 6.07) is 9.06. The van der Waals surface area contributed by atoms with Crippen LogP contribution in [-0.4, -0.2) is 30.2 Å². The van der Waals surface area contributed by atoms with Gasteiger partial charge in [-0.2, -0.15) is 0 Å². The van der Waals surface area contributed by atoms with E-state index >= 15 is 0 Å². The van der Waals surface area contributed by atoms with E-state index in [0.717, 1.165) is 45.3 Å². The summed E-state index contributed by atoms with van der Waals surface area (Å²) >= 11 is 0. The lowest BCUT2D eigenvalue weighted by Crippen LogP contribution is -2.52. The molecule has 184 valence electrons. The van der Waals surface area contributed by atoms with E-state index in [4.69, 9.17) is 9.47 Å². The van der Waals surface area contributed by atoms with Gasteiger partial charge in [0.1, 0.15) is 0 Å². The fourth-order valence-electron chi connectivity index (χ4n) is 8.36. The molecule has 0 bridgehead atoms. The zero-order chi connectivity index (χ0) is 23.7. The molecule has 1 aromatic carbocycles. The van der Waals surface area contributed by atoms with Crippen molar-refractivity contribution in [1.29, 1.82) is 0 Å². The van der Waals surface area contributed by atoms with Crippen LogP contribution >= 0.6 is 0 Å². The standard InChI is InChI=1S/C31H42O3/c1-5-20-6-8-21(9-7-20)25-17-30(4)26(12-13-27(30)32)24-11-10-22-16-31(15-14-23(22)28(24)25)33-18-29(2,3)19-34-31/h5-9,22,24-27,32H,1,10-19H2,2-4H3. The number of aliphatic hydroxyl groups excluding tert-OH is 1. The minimum Gasteiger partial charge on any atom is -0.393 e. The van der Waals surface area contributed by atoms with Crippen molar-refractivity contribution in [2.45, 2.75) is 89.9 Å². The van der Waals surface area contributed by atoms with Crippen molar-refractivity contribution < 1.29 is 14.6 Å². The Kier molecular flexibility index (Phi) is 5.45. The van der Waals surface area contributed by atoms with Crippen LogP contribution in [0.5, 0.6) is 0 Å². The number of rotatable bonds is 2. The Bertz CT molecular complexity index is 978. The van der Waals surface area contributed by atoms with Gasteiger partial charge >= 0.3 is 0 Å². The summed E-state index contributed by atoms with van der Waals surface area (Å²) in [5.41, 5.74) is 6.20. The predicted octanol–water partition coefficient (Wildman–Crippen LogP) is 6.87. The molecule has 0 amide bonds. The molecule has 4 aliphatic carbocycles. The Morgan fingerprint density at radius 3 is 2.41 bits per heavy atom. The molecule has 3 nitrogen and oxygen atoms in total. The third-order valence-electron chi connectivity index (χ3n) is 10.3. The summed E-state index contributed by atoms with van der Waals surface area (Å²) < 4.78 is 12.9. The third kappa shape index (κ3) is 3.57. The third-order valence-corrected chi connectivity index (χ3v) is 10.3. The lowest BCUT2D eigenvalue weighted by Gasteiger charge is -2.55. The SMILES string of the molecule is C=Cc1ccc(C2CC3(C)C(O)CCC3C3CCC4CC5(CCC4=C23)OCC(C)(C)CO5)cc1.